The van der Waals surface area contributed by atoms with Gasteiger partial charge in [0.15, 0.2) is 5.89 Å². The van der Waals surface area contributed by atoms with E-state index in [1.165, 1.54) is 60.9 Å². The number of hydrogen-bond acceptors (Lipinski definition) is 4. The van der Waals surface area contributed by atoms with E-state index in [9.17, 15) is 0 Å². The Morgan fingerprint density at radius 3 is 2.18 bits per heavy atom. The first-order valence-corrected chi connectivity index (χ1v) is 18.6. The van der Waals surface area contributed by atoms with E-state index < -0.39 is 46.5 Å². The molecule has 4 aromatic carbocycles. The molecule has 287 valence electrons. The fourth-order valence-electron chi connectivity index (χ4n) is 7.29. The third kappa shape index (κ3) is 8.96. The van der Waals surface area contributed by atoms with Gasteiger partial charge in [0.25, 0.3) is 0 Å². The van der Waals surface area contributed by atoms with Gasteiger partial charge in [0, 0.05) is 68.6 Å². The van der Waals surface area contributed by atoms with Crippen LogP contribution in [0.15, 0.2) is 102 Å². The van der Waals surface area contributed by atoms with Gasteiger partial charge in [-0.1, -0.05) is 106 Å². The summed E-state index contributed by atoms with van der Waals surface area (Å²) < 4.78 is 152. The normalized spacial score (nSPS) is 21.1. The summed E-state index contributed by atoms with van der Waals surface area (Å²) in [5.74, 6) is -0.774. The summed E-state index contributed by atoms with van der Waals surface area (Å²) in [5.41, 5.74) is 3.86. The first-order chi connectivity index (χ1) is 33.9. The molecule has 1 radical (unpaired) electrons. The molecule has 5 heteroatoms. The van der Waals surface area contributed by atoms with Crippen LogP contribution in [0.2, 0.25) is 0 Å². The molecule has 2 saturated carbocycles. The average Bonchev–Trinajstić information content (AvgIpc) is 4.13. The molecule has 0 amide bonds. The molecule has 0 N–H and O–H groups in total. The number of nitrogens with zero attached hydrogens (tertiary/aromatic N) is 3. The number of pyridine rings is 2. The number of fused-ring (bicyclic) bond motifs is 1. The molecule has 0 saturated heterocycles. The molecule has 3 heterocycles. The third-order valence-electron chi connectivity index (χ3n) is 10.2. The van der Waals surface area contributed by atoms with Crippen molar-refractivity contribution < 1.29 is 49.2 Å². The smallest absolute Gasteiger partial charge is 0.186 e. The predicted molar refractivity (Wildman–Crippen MR) is 226 cm³/mol. The van der Waals surface area contributed by atoms with Crippen molar-refractivity contribution in [3.8, 4) is 44.8 Å². The van der Waals surface area contributed by atoms with Gasteiger partial charge in [-0.25, -0.2) is 0 Å². The van der Waals surface area contributed by atoms with Crippen LogP contribution in [-0.4, -0.2) is 15.0 Å². The Bertz CT molecular complexity index is 3050. The largest absolute Gasteiger partial charge is 0.461 e. The molecule has 4 nitrogen and oxygen atoms in total. The molecule has 0 unspecified atom stereocenters. The van der Waals surface area contributed by atoms with E-state index in [1.54, 1.807) is 36.4 Å². The Morgan fingerprint density at radius 2 is 1.43 bits per heavy atom. The van der Waals surface area contributed by atoms with Crippen LogP contribution in [0.5, 0.6) is 0 Å². The molecule has 0 bridgehead atoms. The van der Waals surface area contributed by atoms with Crippen LogP contribution in [0.1, 0.15) is 121 Å². The molecule has 56 heavy (non-hydrogen) atoms. The number of hydrogen-bond donors (Lipinski definition) is 0. The average molecular weight is 932 g/mol. The van der Waals surface area contributed by atoms with Gasteiger partial charge in [0.05, 0.1) is 5.58 Å². The standard InChI is InChI=1S/C38H39N2O.C13H12N.Ir/c1-24-18-28(20-27-8-4-5-9-27)12-15-32(24)30-13-16-33(25(2)19-30)34-22-36(39-23-26(34)3)31-14-17-35-37(21-31)41-38(40-35)29-10-6-7-11-29;1-10-3-6-12(7-4-10)13-8-5-11(2)9-14-13;/h12-13,15-19,21-23,27,29H,4-11,20H2,1-3H3;3-6,8-9H,1-2H3;/q2*-1;/i1D3,2D3,3D3,20D2,29D;1D3,2D3;. The predicted octanol–water partition coefficient (Wildman–Crippen LogP) is 13.5. The summed E-state index contributed by atoms with van der Waals surface area (Å²) in [6.07, 6.45) is 7.21. The summed E-state index contributed by atoms with van der Waals surface area (Å²) >= 11 is 0. The molecule has 2 aliphatic carbocycles. The van der Waals surface area contributed by atoms with Crippen LogP contribution in [0.4, 0.5) is 0 Å². The molecule has 2 fully saturated rings. The van der Waals surface area contributed by atoms with E-state index in [-0.39, 0.29) is 81.7 Å². The maximum Gasteiger partial charge on any atom is 0.186 e. The third-order valence-corrected chi connectivity index (χ3v) is 10.2. The van der Waals surface area contributed by atoms with Crippen molar-refractivity contribution in [2.24, 2.45) is 5.92 Å². The van der Waals surface area contributed by atoms with Crippen LogP contribution >= 0.6 is 0 Å². The van der Waals surface area contributed by atoms with Crippen LogP contribution in [0.25, 0.3) is 55.9 Å². The number of aryl methyl sites for hydroxylation is 5. The zero-order valence-electron chi connectivity index (χ0n) is 48.6. The second kappa shape index (κ2) is 17.6. The molecule has 0 atom stereocenters. The van der Waals surface area contributed by atoms with E-state index in [0.29, 0.717) is 52.3 Å². The summed E-state index contributed by atoms with van der Waals surface area (Å²) in [4.78, 5) is 13.1. The maximum absolute atomic E-state index is 8.85. The fourth-order valence-corrected chi connectivity index (χ4v) is 7.29. The Kier molecular flexibility index (Phi) is 7.20. The van der Waals surface area contributed by atoms with E-state index in [1.807, 2.05) is 0 Å². The molecular formula is C51H51IrN3O-2. The van der Waals surface area contributed by atoms with Gasteiger partial charge in [0.2, 0.25) is 0 Å². The first kappa shape index (κ1) is 22.9. The molecule has 0 spiro atoms. The topological polar surface area (TPSA) is 51.8 Å². The summed E-state index contributed by atoms with van der Waals surface area (Å²) in [7, 11) is 0. The van der Waals surface area contributed by atoms with Crippen LogP contribution in [0, 0.1) is 52.3 Å². The molecule has 9 rings (SSSR count). The minimum Gasteiger partial charge on any atom is -0.461 e. The zero-order chi connectivity index (χ0) is 53.1. The quantitative estimate of drug-likeness (QED) is 0.149. The number of benzene rings is 4. The van der Waals surface area contributed by atoms with Gasteiger partial charge in [0.1, 0.15) is 0 Å². The summed E-state index contributed by atoms with van der Waals surface area (Å²) in [5, 5.41) is 0. The van der Waals surface area contributed by atoms with Crippen molar-refractivity contribution in [1.29, 1.82) is 0 Å². The minimum atomic E-state index is -2.74. The number of oxazole rings is 1. The second-order valence-electron chi connectivity index (χ2n) is 14.1. The Morgan fingerprint density at radius 1 is 0.679 bits per heavy atom. The van der Waals surface area contributed by atoms with E-state index in [4.69, 9.17) is 29.1 Å². The molecule has 3 aromatic heterocycles. The fraction of sp³-hybridized carbons (Fsp3) is 0.314. The zero-order valence-corrected chi connectivity index (χ0v) is 33.0. The van der Waals surface area contributed by atoms with Crippen molar-refractivity contribution >= 4 is 11.1 Å². The van der Waals surface area contributed by atoms with Crippen LogP contribution < -0.4 is 0 Å². The van der Waals surface area contributed by atoms with Crippen molar-refractivity contribution in [3.05, 3.63) is 149 Å². The van der Waals surface area contributed by atoms with Gasteiger partial charge >= 0.3 is 0 Å². The van der Waals surface area contributed by atoms with Crippen LogP contribution in [0.3, 0.4) is 0 Å². The molecular weight excluding hydrogens is 863 g/mol. The van der Waals surface area contributed by atoms with Crippen molar-refractivity contribution in [3.63, 3.8) is 0 Å². The van der Waals surface area contributed by atoms with Crippen molar-refractivity contribution in [2.45, 2.75) is 97.9 Å². The van der Waals surface area contributed by atoms with Gasteiger partial charge in [-0.3, -0.25) is 4.98 Å². The van der Waals surface area contributed by atoms with Crippen molar-refractivity contribution in [2.75, 3.05) is 0 Å². The number of aromatic nitrogens is 3. The van der Waals surface area contributed by atoms with Gasteiger partial charge in [-0.15, -0.1) is 53.1 Å². The minimum absolute atomic E-state index is 0. The van der Waals surface area contributed by atoms with Gasteiger partial charge < -0.3 is 14.4 Å². The van der Waals surface area contributed by atoms with Gasteiger partial charge in [-0.05, 0) is 114 Å². The molecule has 0 aliphatic heterocycles. The molecule has 2 aliphatic rings. The Balaban J connectivity index is 0.000000320. The van der Waals surface area contributed by atoms with Crippen LogP contribution in [-0.2, 0) is 26.5 Å². The first-order valence-electron chi connectivity index (χ1n) is 27.6. The van der Waals surface area contributed by atoms with E-state index in [0.717, 1.165) is 38.5 Å². The number of rotatable bonds is 7. The van der Waals surface area contributed by atoms with E-state index >= 15 is 0 Å². The Hall–Kier alpha value is -4.70. The Labute approximate surface area is 371 Å². The monoisotopic (exact) mass is 932 g/mol. The second-order valence-corrected chi connectivity index (χ2v) is 14.1. The van der Waals surface area contributed by atoms with Gasteiger partial charge in [-0.2, -0.15) is 0 Å². The SMILES string of the molecule is [2H]C([2H])([2H])c1c[c-]c(-c2ccc(C([2H])([2H])[2H])cn2)cc1.[2H]C([2H])([2H])c1cc(C([2H])([2H])C2CCCC2)ccc1-c1ccc(-c2cc(-c3[c-]cc4nc(C5([2H])CCCC5)oc4c3)ncc2C([2H])([2H])[2H])c(C([2H])([2H])[2H])c1.[Ir]. The van der Waals surface area contributed by atoms with Crippen molar-refractivity contribution in [1.82, 2.24) is 15.0 Å². The maximum atomic E-state index is 8.85. The summed E-state index contributed by atoms with van der Waals surface area (Å²) in [6, 6.07) is 27.3. The van der Waals surface area contributed by atoms with E-state index in [2.05, 4.69) is 27.1 Å². The molecule has 7 aromatic rings. The summed E-state index contributed by atoms with van der Waals surface area (Å²) in [6.45, 7) is -12.4.